The average molecular weight is 526 g/mol. The van der Waals surface area contributed by atoms with Crippen molar-refractivity contribution in [3.8, 4) is 17.1 Å². The lowest BCUT2D eigenvalue weighted by atomic mass is 10.1. The second-order valence-corrected chi connectivity index (χ2v) is 9.22. The molecule has 2 aromatic heterocycles. The predicted molar refractivity (Wildman–Crippen MR) is 132 cm³/mol. The van der Waals surface area contributed by atoms with Crippen LogP contribution in [-0.4, -0.2) is 56.9 Å². The smallest absolute Gasteiger partial charge is 0.378 e. The van der Waals surface area contributed by atoms with Crippen LogP contribution in [0.4, 0.5) is 13.2 Å². The monoisotopic (exact) mass is 525 g/mol. The van der Waals surface area contributed by atoms with Crippen LogP contribution in [0.25, 0.3) is 17.1 Å². The Labute approximate surface area is 215 Å². The first-order valence-corrected chi connectivity index (χ1v) is 12.5. The van der Waals surface area contributed by atoms with E-state index in [9.17, 15) is 18.0 Å². The maximum atomic E-state index is 13.5. The number of hydrogen-bond acceptors (Lipinski definition) is 6. The van der Waals surface area contributed by atoms with E-state index >= 15 is 0 Å². The standard InChI is InChI=1S/C26H22F3N5O2S/c27-26(28,29)20-5-3-6-21(16-20)34-23(18-8-10-30-11-9-18)31-32-25(34)37-17-19-4-1-2-7-22(19)24(35)33-12-14-36-15-13-33/h1-11,16H,12-15,17H2. The van der Waals surface area contributed by atoms with Crippen molar-refractivity contribution in [2.24, 2.45) is 0 Å². The molecule has 1 fully saturated rings. The van der Waals surface area contributed by atoms with Gasteiger partial charge in [0, 0.05) is 42.4 Å². The maximum absolute atomic E-state index is 13.5. The lowest BCUT2D eigenvalue weighted by Gasteiger charge is -2.27. The Kier molecular flexibility index (Phi) is 7.24. The summed E-state index contributed by atoms with van der Waals surface area (Å²) in [7, 11) is 0. The third-order valence-electron chi connectivity index (χ3n) is 5.91. The van der Waals surface area contributed by atoms with Crippen LogP contribution in [0.5, 0.6) is 0 Å². The van der Waals surface area contributed by atoms with Gasteiger partial charge in [-0.05, 0) is 42.0 Å². The van der Waals surface area contributed by atoms with E-state index < -0.39 is 11.7 Å². The third-order valence-corrected chi connectivity index (χ3v) is 6.88. The molecular weight excluding hydrogens is 503 g/mol. The molecule has 11 heteroatoms. The molecule has 0 radical (unpaired) electrons. The number of benzene rings is 2. The molecule has 0 bridgehead atoms. The minimum atomic E-state index is -4.49. The Bertz CT molecular complexity index is 1390. The summed E-state index contributed by atoms with van der Waals surface area (Å²) in [5.74, 6) is 0.692. The molecule has 0 spiro atoms. The molecule has 5 rings (SSSR count). The van der Waals surface area contributed by atoms with E-state index in [0.717, 1.165) is 17.7 Å². The van der Waals surface area contributed by atoms with E-state index in [2.05, 4.69) is 15.2 Å². The van der Waals surface area contributed by atoms with Gasteiger partial charge in [0.2, 0.25) is 0 Å². The molecule has 1 aliphatic heterocycles. The Morgan fingerprint density at radius 2 is 1.73 bits per heavy atom. The zero-order valence-corrected chi connectivity index (χ0v) is 20.4. The highest BCUT2D eigenvalue weighted by atomic mass is 32.2. The second kappa shape index (κ2) is 10.7. The Hall–Kier alpha value is -3.70. The quantitative estimate of drug-likeness (QED) is 0.326. The van der Waals surface area contributed by atoms with E-state index in [4.69, 9.17) is 4.74 Å². The molecule has 0 aliphatic carbocycles. The molecule has 190 valence electrons. The van der Waals surface area contributed by atoms with Crippen molar-refractivity contribution in [1.82, 2.24) is 24.6 Å². The summed E-state index contributed by atoms with van der Waals surface area (Å²) in [6, 6.07) is 15.8. The topological polar surface area (TPSA) is 73.1 Å². The molecule has 37 heavy (non-hydrogen) atoms. The molecule has 1 amide bonds. The van der Waals surface area contributed by atoms with Crippen LogP contribution in [0.1, 0.15) is 21.5 Å². The maximum Gasteiger partial charge on any atom is 0.416 e. The van der Waals surface area contributed by atoms with Gasteiger partial charge in [-0.25, -0.2) is 0 Å². The lowest BCUT2D eigenvalue weighted by Crippen LogP contribution is -2.41. The van der Waals surface area contributed by atoms with Crippen molar-refractivity contribution in [3.05, 3.63) is 89.7 Å². The summed E-state index contributed by atoms with van der Waals surface area (Å²) < 4.78 is 47.4. The lowest BCUT2D eigenvalue weighted by molar-refractivity contribution is -0.137. The molecule has 2 aromatic carbocycles. The third kappa shape index (κ3) is 5.52. The van der Waals surface area contributed by atoms with Crippen LogP contribution in [-0.2, 0) is 16.7 Å². The highest BCUT2D eigenvalue weighted by Crippen LogP contribution is 2.34. The number of carbonyl (C=O) groups excluding carboxylic acids is 1. The molecule has 4 aromatic rings. The van der Waals surface area contributed by atoms with E-state index in [1.165, 1.54) is 17.8 Å². The predicted octanol–water partition coefficient (Wildman–Crippen LogP) is 5.11. The van der Waals surface area contributed by atoms with Crippen LogP contribution in [0.15, 0.2) is 78.2 Å². The van der Waals surface area contributed by atoms with Crippen molar-refractivity contribution < 1.29 is 22.7 Å². The molecule has 0 saturated carbocycles. The molecule has 0 N–H and O–H groups in total. The first-order chi connectivity index (χ1) is 17.9. The van der Waals surface area contributed by atoms with Gasteiger partial charge in [-0.15, -0.1) is 10.2 Å². The van der Waals surface area contributed by atoms with Gasteiger partial charge in [-0.3, -0.25) is 14.3 Å². The number of nitrogens with zero attached hydrogens (tertiary/aromatic N) is 5. The molecule has 0 atom stereocenters. The van der Waals surface area contributed by atoms with Crippen molar-refractivity contribution >= 4 is 17.7 Å². The van der Waals surface area contributed by atoms with Gasteiger partial charge in [0.25, 0.3) is 5.91 Å². The Morgan fingerprint density at radius 1 is 0.973 bits per heavy atom. The molecular formula is C26H22F3N5O2S. The van der Waals surface area contributed by atoms with Crippen LogP contribution in [0.2, 0.25) is 0 Å². The number of thioether (sulfide) groups is 1. The first-order valence-electron chi connectivity index (χ1n) is 11.5. The van der Waals surface area contributed by atoms with Gasteiger partial charge < -0.3 is 9.64 Å². The Morgan fingerprint density at radius 3 is 2.49 bits per heavy atom. The largest absolute Gasteiger partial charge is 0.416 e. The number of halogens is 3. The van der Waals surface area contributed by atoms with Gasteiger partial charge in [-0.2, -0.15) is 13.2 Å². The number of alkyl halides is 3. The average Bonchev–Trinajstić information content (AvgIpc) is 3.36. The number of carbonyl (C=O) groups is 1. The minimum absolute atomic E-state index is 0.0729. The summed E-state index contributed by atoms with van der Waals surface area (Å²) >= 11 is 1.30. The fraction of sp³-hybridized carbons (Fsp3) is 0.231. The summed E-state index contributed by atoms with van der Waals surface area (Å²) in [6.07, 6.45) is -1.32. The van der Waals surface area contributed by atoms with Gasteiger partial charge in [0.15, 0.2) is 11.0 Å². The normalized spacial score (nSPS) is 14.1. The minimum Gasteiger partial charge on any atom is -0.378 e. The van der Waals surface area contributed by atoms with Crippen LogP contribution >= 0.6 is 11.8 Å². The Balaban J connectivity index is 1.49. The van der Waals surface area contributed by atoms with Crippen LogP contribution < -0.4 is 0 Å². The summed E-state index contributed by atoms with van der Waals surface area (Å²) in [5, 5.41) is 9.00. The number of morpholine rings is 1. The van der Waals surface area contributed by atoms with Gasteiger partial charge in [-0.1, -0.05) is 36.0 Å². The fourth-order valence-corrected chi connectivity index (χ4v) is 5.00. The zero-order chi connectivity index (χ0) is 25.8. The SMILES string of the molecule is O=C(c1ccccc1CSc1nnc(-c2ccncc2)n1-c1cccc(C(F)(F)F)c1)N1CCOCC1. The number of pyridine rings is 1. The van der Waals surface area contributed by atoms with Gasteiger partial charge >= 0.3 is 6.18 Å². The van der Waals surface area contributed by atoms with Crippen LogP contribution in [0.3, 0.4) is 0 Å². The number of ether oxygens (including phenoxy) is 1. The van der Waals surface area contributed by atoms with E-state index in [1.807, 2.05) is 18.2 Å². The van der Waals surface area contributed by atoms with Crippen molar-refractivity contribution in [1.29, 1.82) is 0 Å². The number of rotatable bonds is 6. The molecule has 7 nitrogen and oxygen atoms in total. The highest BCUT2D eigenvalue weighted by molar-refractivity contribution is 7.98. The first kappa shape index (κ1) is 25.0. The highest BCUT2D eigenvalue weighted by Gasteiger charge is 2.31. The van der Waals surface area contributed by atoms with E-state index in [0.29, 0.717) is 54.2 Å². The zero-order valence-electron chi connectivity index (χ0n) is 19.6. The fourth-order valence-electron chi connectivity index (χ4n) is 4.04. The number of hydrogen-bond donors (Lipinski definition) is 0. The number of aromatic nitrogens is 4. The van der Waals surface area contributed by atoms with Gasteiger partial charge in [0.1, 0.15) is 0 Å². The van der Waals surface area contributed by atoms with E-state index in [1.54, 1.807) is 46.1 Å². The second-order valence-electron chi connectivity index (χ2n) is 8.28. The molecule has 1 aliphatic rings. The molecule has 0 unspecified atom stereocenters. The van der Waals surface area contributed by atoms with E-state index in [-0.39, 0.29) is 11.6 Å². The van der Waals surface area contributed by atoms with Crippen molar-refractivity contribution in [3.63, 3.8) is 0 Å². The molecule has 3 heterocycles. The van der Waals surface area contributed by atoms with Crippen molar-refractivity contribution in [2.45, 2.75) is 17.1 Å². The molecule has 1 saturated heterocycles. The van der Waals surface area contributed by atoms with Crippen molar-refractivity contribution in [2.75, 3.05) is 26.3 Å². The summed E-state index contributed by atoms with van der Waals surface area (Å²) in [6.45, 7) is 2.06. The summed E-state index contributed by atoms with van der Waals surface area (Å²) in [4.78, 5) is 18.9. The van der Waals surface area contributed by atoms with Crippen LogP contribution in [0, 0.1) is 0 Å². The van der Waals surface area contributed by atoms with Gasteiger partial charge in [0.05, 0.1) is 24.5 Å². The summed E-state index contributed by atoms with van der Waals surface area (Å²) in [5.41, 5.74) is 1.56. The number of amides is 1.